The molecule has 5 N–H and O–H groups in total. The molecule has 4 rings (SSSR count). The van der Waals surface area contributed by atoms with E-state index in [1.807, 2.05) is 0 Å². The number of nitrogens with two attached hydrogens (primary N) is 1. The molecule has 0 spiro atoms. The largest absolute Gasteiger partial charge is 0.394 e. The second-order valence-corrected chi connectivity index (χ2v) is 5.71. The zero-order valence-corrected chi connectivity index (χ0v) is 13.0. The highest BCUT2D eigenvalue weighted by molar-refractivity contribution is 5.99. The molecular weight excluding hydrogens is 328 g/mol. The van der Waals surface area contributed by atoms with Crippen molar-refractivity contribution in [3.05, 3.63) is 31.0 Å². The molecule has 1 fully saturated rings. The number of nitrogens with zero attached hydrogens (tertiary/aromatic N) is 5. The lowest BCUT2D eigenvalue weighted by molar-refractivity contribution is -0.0508. The first-order valence-electron chi connectivity index (χ1n) is 7.62. The third-order valence-electron chi connectivity index (χ3n) is 4.24. The van der Waals surface area contributed by atoms with Crippen LogP contribution in [-0.4, -0.2) is 64.7 Å². The molecule has 0 radical (unpaired) electrons. The fourth-order valence-electron chi connectivity index (χ4n) is 3.02. The van der Waals surface area contributed by atoms with Crippen molar-refractivity contribution in [2.75, 3.05) is 12.3 Å². The van der Waals surface area contributed by atoms with E-state index in [1.54, 1.807) is 29.2 Å². The van der Waals surface area contributed by atoms with Gasteiger partial charge >= 0.3 is 0 Å². The maximum absolute atomic E-state index is 10.3. The second-order valence-electron chi connectivity index (χ2n) is 5.71. The van der Waals surface area contributed by atoms with E-state index < -0.39 is 31.1 Å². The molecule has 3 aromatic heterocycles. The first-order chi connectivity index (χ1) is 12.1. The SMILES string of the molecule is Nc1ncnc2c1c(-c1ncccn1)cn2[C@@H]1O[C@H](CO)[C@@H](O)[C@H]1O. The summed E-state index contributed by atoms with van der Waals surface area (Å²) in [5.74, 6) is 0.650. The molecule has 1 saturated heterocycles. The Kier molecular flexibility index (Phi) is 3.81. The normalized spacial score (nSPS) is 26.4. The molecular formula is C15H16N6O4. The van der Waals surface area contributed by atoms with Gasteiger partial charge in [0, 0.05) is 18.6 Å². The van der Waals surface area contributed by atoms with Crippen molar-refractivity contribution in [1.29, 1.82) is 0 Å². The zero-order chi connectivity index (χ0) is 17.6. The molecule has 0 amide bonds. The minimum atomic E-state index is -1.24. The summed E-state index contributed by atoms with van der Waals surface area (Å²) in [6, 6.07) is 1.69. The van der Waals surface area contributed by atoms with Gasteiger partial charge < -0.3 is 30.4 Å². The van der Waals surface area contributed by atoms with E-state index in [9.17, 15) is 15.3 Å². The van der Waals surface area contributed by atoms with Crippen LogP contribution in [0.15, 0.2) is 31.0 Å². The van der Waals surface area contributed by atoms with Crippen molar-refractivity contribution < 1.29 is 20.1 Å². The molecule has 1 aliphatic heterocycles. The Hall–Kier alpha value is -2.66. The van der Waals surface area contributed by atoms with Crippen molar-refractivity contribution in [1.82, 2.24) is 24.5 Å². The van der Waals surface area contributed by atoms with Crippen molar-refractivity contribution in [3.8, 4) is 11.4 Å². The van der Waals surface area contributed by atoms with Crippen LogP contribution in [0, 0.1) is 0 Å². The number of aliphatic hydroxyl groups is 3. The van der Waals surface area contributed by atoms with Gasteiger partial charge in [0.1, 0.15) is 36.1 Å². The van der Waals surface area contributed by atoms with Crippen LogP contribution in [0.2, 0.25) is 0 Å². The molecule has 10 nitrogen and oxygen atoms in total. The lowest BCUT2D eigenvalue weighted by atomic mass is 10.1. The van der Waals surface area contributed by atoms with Gasteiger partial charge in [0.2, 0.25) is 0 Å². The Balaban J connectivity index is 1.90. The molecule has 4 heterocycles. The van der Waals surface area contributed by atoms with E-state index in [1.165, 1.54) is 6.33 Å². The number of rotatable bonds is 3. The number of nitrogen functional groups attached to an aromatic ring is 1. The van der Waals surface area contributed by atoms with Crippen LogP contribution in [0.3, 0.4) is 0 Å². The van der Waals surface area contributed by atoms with Crippen LogP contribution in [0.5, 0.6) is 0 Å². The van der Waals surface area contributed by atoms with E-state index in [-0.39, 0.29) is 5.82 Å². The van der Waals surface area contributed by atoms with Gasteiger partial charge in [-0.1, -0.05) is 0 Å². The highest BCUT2D eigenvalue weighted by atomic mass is 16.6. The number of aromatic nitrogens is 5. The van der Waals surface area contributed by atoms with Gasteiger partial charge in [-0.15, -0.1) is 0 Å². The third kappa shape index (κ3) is 2.43. The van der Waals surface area contributed by atoms with Gasteiger partial charge in [-0.3, -0.25) is 0 Å². The Bertz CT molecular complexity index is 902. The minimum absolute atomic E-state index is 0.234. The lowest BCUT2D eigenvalue weighted by Crippen LogP contribution is -2.33. The van der Waals surface area contributed by atoms with Gasteiger partial charge in [0.05, 0.1) is 17.6 Å². The number of hydrogen-bond donors (Lipinski definition) is 4. The van der Waals surface area contributed by atoms with Crippen LogP contribution in [0.1, 0.15) is 6.23 Å². The number of anilines is 1. The minimum Gasteiger partial charge on any atom is -0.394 e. The average Bonchev–Trinajstić information content (AvgIpc) is 3.15. The summed E-state index contributed by atoms with van der Waals surface area (Å²) >= 11 is 0. The Morgan fingerprint density at radius 1 is 1.12 bits per heavy atom. The van der Waals surface area contributed by atoms with Crippen LogP contribution in [0.25, 0.3) is 22.4 Å². The fourth-order valence-corrected chi connectivity index (χ4v) is 3.02. The molecule has 0 saturated carbocycles. The summed E-state index contributed by atoms with van der Waals surface area (Å²) < 4.78 is 7.13. The van der Waals surface area contributed by atoms with E-state index in [0.29, 0.717) is 22.4 Å². The highest BCUT2D eigenvalue weighted by Crippen LogP contribution is 2.37. The fraction of sp³-hybridized carbons (Fsp3) is 0.333. The van der Waals surface area contributed by atoms with Crippen LogP contribution < -0.4 is 5.73 Å². The highest BCUT2D eigenvalue weighted by Gasteiger charge is 2.44. The van der Waals surface area contributed by atoms with E-state index >= 15 is 0 Å². The summed E-state index contributed by atoms with van der Waals surface area (Å²) in [6.45, 7) is -0.417. The number of ether oxygens (including phenoxy) is 1. The predicted octanol–water partition coefficient (Wildman–Crippen LogP) is -0.918. The summed E-state index contributed by atoms with van der Waals surface area (Å²) in [5, 5.41) is 30.1. The molecule has 0 aliphatic carbocycles. The number of fused-ring (bicyclic) bond motifs is 1. The summed E-state index contributed by atoms with van der Waals surface area (Å²) in [4.78, 5) is 16.7. The smallest absolute Gasteiger partial charge is 0.164 e. The average molecular weight is 344 g/mol. The Morgan fingerprint density at radius 3 is 2.56 bits per heavy atom. The summed E-state index contributed by atoms with van der Waals surface area (Å²) in [5.41, 5.74) is 6.99. The molecule has 3 aromatic rings. The second kappa shape index (κ2) is 6.01. The summed E-state index contributed by atoms with van der Waals surface area (Å²) in [7, 11) is 0. The molecule has 130 valence electrons. The van der Waals surface area contributed by atoms with Crippen molar-refractivity contribution >= 4 is 16.9 Å². The van der Waals surface area contributed by atoms with E-state index in [0.717, 1.165) is 0 Å². The van der Waals surface area contributed by atoms with E-state index in [2.05, 4.69) is 19.9 Å². The first-order valence-corrected chi connectivity index (χ1v) is 7.62. The van der Waals surface area contributed by atoms with Gasteiger partial charge in [-0.2, -0.15) is 0 Å². The maximum atomic E-state index is 10.3. The molecule has 4 atom stereocenters. The van der Waals surface area contributed by atoms with Gasteiger partial charge in [0.25, 0.3) is 0 Å². The van der Waals surface area contributed by atoms with Gasteiger partial charge in [-0.05, 0) is 6.07 Å². The quantitative estimate of drug-likeness (QED) is 0.472. The van der Waals surface area contributed by atoms with Gasteiger partial charge in [-0.25, -0.2) is 19.9 Å². The van der Waals surface area contributed by atoms with E-state index in [4.69, 9.17) is 10.5 Å². The zero-order valence-electron chi connectivity index (χ0n) is 13.0. The van der Waals surface area contributed by atoms with Crippen LogP contribution >= 0.6 is 0 Å². The monoisotopic (exact) mass is 344 g/mol. The number of aliphatic hydroxyl groups excluding tert-OH is 3. The van der Waals surface area contributed by atoms with Crippen molar-refractivity contribution in [2.45, 2.75) is 24.5 Å². The maximum Gasteiger partial charge on any atom is 0.164 e. The molecule has 0 aromatic carbocycles. The molecule has 10 heteroatoms. The van der Waals surface area contributed by atoms with Crippen molar-refractivity contribution in [3.63, 3.8) is 0 Å². The Morgan fingerprint density at radius 2 is 1.88 bits per heavy atom. The van der Waals surface area contributed by atoms with Crippen LogP contribution in [-0.2, 0) is 4.74 Å². The third-order valence-corrected chi connectivity index (χ3v) is 4.24. The summed E-state index contributed by atoms with van der Waals surface area (Å²) in [6.07, 6.45) is 1.83. The lowest BCUT2D eigenvalue weighted by Gasteiger charge is -2.17. The van der Waals surface area contributed by atoms with Gasteiger partial charge in [0.15, 0.2) is 12.1 Å². The number of hydrogen-bond acceptors (Lipinski definition) is 9. The topological polar surface area (TPSA) is 152 Å². The van der Waals surface area contributed by atoms with Crippen LogP contribution in [0.4, 0.5) is 5.82 Å². The molecule has 0 unspecified atom stereocenters. The molecule has 1 aliphatic rings. The standard InChI is InChI=1S/C15H16N6O4/c16-12-9-7(13-17-2-1-3-18-13)4-21(14(9)20-6-19-12)15-11(24)10(23)8(5-22)25-15/h1-4,6,8,10-11,15,22-24H,5H2,(H2,16,19,20)/t8-,10-,11-,15-/m1/s1. The predicted molar refractivity (Wildman–Crippen MR) is 86.0 cm³/mol. The van der Waals surface area contributed by atoms with Crippen molar-refractivity contribution in [2.24, 2.45) is 0 Å². The molecule has 25 heavy (non-hydrogen) atoms. The molecule has 0 bridgehead atoms. The first kappa shape index (κ1) is 15.8. The Labute approximate surface area is 141 Å².